The first-order valence-electron chi connectivity index (χ1n) is 11.5. The van der Waals surface area contributed by atoms with Crippen molar-refractivity contribution >= 4 is 17.6 Å². The van der Waals surface area contributed by atoms with Crippen molar-refractivity contribution < 1.29 is 9.53 Å². The zero-order chi connectivity index (χ0) is 21.8. The van der Waals surface area contributed by atoms with Crippen molar-refractivity contribution in [2.24, 2.45) is 5.92 Å². The number of esters is 1. The van der Waals surface area contributed by atoms with Crippen LogP contribution in [-0.4, -0.2) is 16.3 Å². The minimum atomic E-state index is -0.625. The van der Waals surface area contributed by atoms with Crippen molar-refractivity contribution in [3.63, 3.8) is 0 Å². The van der Waals surface area contributed by atoms with Gasteiger partial charge in [-0.15, -0.1) is 11.6 Å². The van der Waals surface area contributed by atoms with E-state index in [0.717, 1.165) is 24.1 Å². The van der Waals surface area contributed by atoms with Gasteiger partial charge in [0.2, 0.25) is 0 Å². The molecule has 0 saturated heterocycles. The maximum atomic E-state index is 12.1. The molecule has 30 heavy (non-hydrogen) atoms. The van der Waals surface area contributed by atoms with E-state index >= 15 is 0 Å². The molecular formula is C26H36ClNO2. The van der Waals surface area contributed by atoms with Crippen LogP contribution < -0.4 is 4.74 Å². The number of nitrogens with zero attached hydrogens (tertiary/aromatic N) is 1. The van der Waals surface area contributed by atoms with Gasteiger partial charge < -0.3 is 4.74 Å². The number of benzene rings is 1. The second-order valence-corrected chi connectivity index (χ2v) is 8.63. The predicted molar refractivity (Wildman–Crippen MR) is 126 cm³/mol. The lowest BCUT2D eigenvalue weighted by Crippen LogP contribution is -2.26. The summed E-state index contributed by atoms with van der Waals surface area (Å²) < 4.78 is 5.40. The Hall–Kier alpha value is -1.87. The molecule has 2 atom stereocenters. The maximum Gasteiger partial charge on any atom is 0.329 e. The van der Waals surface area contributed by atoms with E-state index in [0.29, 0.717) is 5.75 Å². The van der Waals surface area contributed by atoms with Crippen LogP contribution >= 0.6 is 11.6 Å². The van der Waals surface area contributed by atoms with Crippen molar-refractivity contribution in [2.45, 2.75) is 83.9 Å². The fraction of sp³-hybridized carbons (Fsp3) is 0.538. The summed E-state index contributed by atoms with van der Waals surface area (Å²) >= 11 is 6.16. The number of rotatable bonds is 13. The molecule has 0 aliphatic carbocycles. The van der Waals surface area contributed by atoms with E-state index < -0.39 is 11.3 Å². The topological polar surface area (TPSA) is 39.2 Å². The Morgan fingerprint density at radius 3 is 2.23 bits per heavy atom. The van der Waals surface area contributed by atoms with Crippen LogP contribution in [0.25, 0.3) is 11.3 Å². The van der Waals surface area contributed by atoms with Gasteiger partial charge in [-0.05, 0) is 54.7 Å². The number of halogens is 1. The normalized spacial score (nSPS) is 13.1. The van der Waals surface area contributed by atoms with Gasteiger partial charge in [0.15, 0.2) is 0 Å². The number of aromatic nitrogens is 1. The molecule has 4 heteroatoms. The first-order chi connectivity index (χ1) is 14.5. The van der Waals surface area contributed by atoms with Crippen molar-refractivity contribution in [3.8, 4) is 17.0 Å². The average Bonchev–Trinajstić information content (AvgIpc) is 2.78. The van der Waals surface area contributed by atoms with Crippen LogP contribution in [0.15, 0.2) is 42.6 Å². The highest BCUT2D eigenvalue weighted by molar-refractivity contribution is 6.30. The van der Waals surface area contributed by atoms with Gasteiger partial charge >= 0.3 is 5.97 Å². The molecule has 0 saturated carbocycles. The van der Waals surface area contributed by atoms with Crippen molar-refractivity contribution in [1.29, 1.82) is 0 Å². The smallest absolute Gasteiger partial charge is 0.329 e. The van der Waals surface area contributed by atoms with E-state index in [1.54, 1.807) is 12.1 Å². The molecule has 0 fully saturated rings. The molecule has 0 amide bonds. The Morgan fingerprint density at radius 1 is 0.967 bits per heavy atom. The van der Waals surface area contributed by atoms with Crippen molar-refractivity contribution in [1.82, 2.24) is 4.98 Å². The Balaban J connectivity index is 1.81. The molecule has 0 aliphatic rings. The number of pyridine rings is 1. The first kappa shape index (κ1) is 24.4. The predicted octanol–water partition coefficient (Wildman–Crippen LogP) is 7.60. The summed E-state index contributed by atoms with van der Waals surface area (Å²) in [5, 5.41) is -0.625. The summed E-state index contributed by atoms with van der Waals surface area (Å²) in [5.41, 5.74) is 3.21. The zero-order valence-electron chi connectivity index (χ0n) is 18.7. The van der Waals surface area contributed by atoms with Crippen LogP contribution in [0.1, 0.15) is 77.7 Å². The van der Waals surface area contributed by atoms with Gasteiger partial charge in [0, 0.05) is 11.8 Å². The van der Waals surface area contributed by atoms with E-state index in [-0.39, 0.29) is 5.92 Å². The Labute approximate surface area is 187 Å². The summed E-state index contributed by atoms with van der Waals surface area (Å²) in [7, 11) is 0. The van der Waals surface area contributed by atoms with E-state index in [1.165, 1.54) is 50.5 Å². The van der Waals surface area contributed by atoms with Crippen molar-refractivity contribution in [2.75, 3.05) is 0 Å². The van der Waals surface area contributed by atoms with E-state index in [2.05, 4.69) is 24.0 Å². The van der Waals surface area contributed by atoms with E-state index in [4.69, 9.17) is 16.3 Å². The Kier molecular flexibility index (Phi) is 10.9. The third-order valence-electron chi connectivity index (χ3n) is 5.63. The molecule has 1 aromatic heterocycles. The molecule has 164 valence electrons. The molecular weight excluding hydrogens is 394 g/mol. The summed E-state index contributed by atoms with van der Waals surface area (Å²) in [5.74, 6) is 0.196. The number of carbonyl (C=O) groups excluding carboxylic acids is 1. The molecule has 1 heterocycles. The summed E-state index contributed by atoms with van der Waals surface area (Å²) in [6, 6.07) is 11.7. The average molecular weight is 430 g/mol. The van der Waals surface area contributed by atoms with Gasteiger partial charge in [0.25, 0.3) is 0 Å². The number of aryl methyl sites for hydroxylation is 1. The SMILES string of the molecule is CCCCCCCCCc1ccc(-c2ccc(OC(=O)C(Cl)C(C)CC)cc2)nc1. The zero-order valence-corrected chi connectivity index (χ0v) is 19.5. The minimum Gasteiger partial charge on any atom is -0.425 e. The molecule has 2 unspecified atom stereocenters. The molecule has 3 nitrogen and oxygen atoms in total. The molecule has 2 rings (SSSR count). The molecule has 0 aliphatic heterocycles. The number of alkyl halides is 1. The van der Waals surface area contributed by atoms with Crippen LogP contribution in [-0.2, 0) is 11.2 Å². The molecule has 1 aromatic carbocycles. The second-order valence-electron chi connectivity index (χ2n) is 8.16. The van der Waals surface area contributed by atoms with Gasteiger partial charge in [-0.3, -0.25) is 9.78 Å². The third-order valence-corrected chi connectivity index (χ3v) is 6.24. The fourth-order valence-electron chi connectivity index (χ4n) is 3.33. The second kappa shape index (κ2) is 13.4. The van der Waals surface area contributed by atoms with Crippen LogP contribution in [0.4, 0.5) is 0 Å². The number of unbranched alkanes of at least 4 members (excludes halogenated alkanes) is 6. The third kappa shape index (κ3) is 8.10. The quantitative estimate of drug-likeness (QED) is 0.142. The molecule has 2 aromatic rings. The van der Waals surface area contributed by atoms with Gasteiger partial charge in [-0.1, -0.05) is 71.8 Å². The number of hydrogen-bond donors (Lipinski definition) is 0. The number of ether oxygens (including phenoxy) is 1. The summed E-state index contributed by atoms with van der Waals surface area (Å²) in [4.78, 5) is 16.7. The van der Waals surface area contributed by atoms with Crippen LogP contribution in [0, 0.1) is 5.92 Å². The lowest BCUT2D eigenvalue weighted by molar-refractivity contribution is -0.134. The van der Waals surface area contributed by atoms with Gasteiger partial charge in [-0.25, -0.2) is 0 Å². The maximum absolute atomic E-state index is 12.1. The van der Waals surface area contributed by atoms with Crippen molar-refractivity contribution in [3.05, 3.63) is 48.2 Å². The highest BCUT2D eigenvalue weighted by Gasteiger charge is 2.23. The van der Waals surface area contributed by atoms with Gasteiger partial charge in [0.05, 0.1) is 5.69 Å². The molecule has 0 bridgehead atoms. The number of hydrogen-bond acceptors (Lipinski definition) is 3. The number of carbonyl (C=O) groups is 1. The lowest BCUT2D eigenvalue weighted by atomic mass is 10.0. The van der Waals surface area contributed by atoms with E-state index in [1.807, 2.05) is 32.2 Å². The molecule has 0 radical (unpaired) electrons. The first-order valence-corrected chi connectivity index (χ1v) is 11.9. The van der Waals surface area contributed by atoms with Gasteiger partial charge in [0.1, 0.15) is 11.1 Å². The largest absolute Gasteiger partial charge is 0.425 e. The highest BCUT2D eigenvalue weighted by atomic mass is 35.5. The van der Waals surface area contributed by atoms with E-state index in [9.17, 15) is 4.79 Å². The van der Waals surface area contributed by atoms with Crippen LogP contribution in [0.2, 0.25) is 0 Å². The molecule has 0 N–H and O–H groups in total. The summed E-state index contributed by atoms with van der Waals surface area (Å²) in [6.45, 7) is 6.21. The summed E-state index contributed by atoms with van der Waals surface area (Å²) in [6.07, 6.45) is 13.2. The lowest BCUT2D eigenvalue weighted by Gasteiger charge is -2.15. The van der Waals surface area contributed by atoms with Gasteiger partial charge in [-0.2, -0.15) is 0 Å². The van der Waals surface area contributed by atoms with Crippen LogP contribution in [0.3, 0.4) is 0 Å². The fourth-order valence-corrected chi connectivity index (χ4v) is 3.56. The Bertz CT molecular complexity index is 743. The van der Waals surface area contributed by atoms with Crippen LogP contribution in [0.5, 0.6) is 5.75 Å². The Morgan fingerprint density at radius 2 is 1.63 bits per heavy atom. The minimum absolute atomic E-state index is 0.0854. The standard InChI is InChI=1S/C26H36ClNO2/c1-4-6-7-8-9-10-11-12-21-13-18-24(28-19-21)22-14-16-23(17-15-22)30-26(29)25(27)20(3)5-2/h13-20,25H,4-12H2,1-3H3. The molecule has 0 spiro atoms. The highest BCUT2D eigenvalue weighted by Crippen LogP contribution is 2.23. The monoisotopic (exact) mass is 429 g/mol.